The number of likely N-dealkylation sites (tertiary alicyclic amines) is 1. The van der Waals surface area contributed by atoms with Crippen LogP contribution in [0.4, 0.5) is 9.18 Å². The molecule has 0 aliphatic carbocycles. The molecule has 7 heteroatoms. The van der Waals surface area contributed by atoms with Crippen LogP contribution in [-0.4, -0.2) is 46.8 Å². The monoisotopic (exact) mass is 347 g/mol. The van der Waals surface area contributed by atoms with E-state index in [1.54, 1.807) is 24.0 Å². The molecule has 2 unspecified atom stereocenters. The van der Waals surface area contributed by atoms with E-state index >= 15 is 0 Å². The first kappa shape index (κ1) is 17.4. The molecule has 0 bridgehead atoms. The highest BCUT2D eigenvalue weighted by Crippen LogP contribution is 2.25. The SMILES string of the molecule is CCC(C(=O)N1CCCC1)N1C(=O)CC(c2ccc(F)cc2)NC1=O. The summed E-state index contributed by atoms with van der Waals surface area (Å²) in [6.45, 7) is 3.15. The number of nitrogens with zero attached hydrogens (tertiary/aromatic N) is 2. The van der Waals surface area contributed by atoms with E-state index in [2.05, 4.69) is 5.32 Å². The topological polar surface area (TPSA) is 69.7 Å². The van der Waals surface area contributed by atoms with E-state index in [9.17, 15) is 18.8 Å². The van der Waals surface area contributed by atoms with Crippen molar-refractivity contribution < 1.29 is 18.8 Å². The highest BCUT2D eigenvalue weighted by Gasteiger charge is 2.41. The fraction of sp³-hybridized carbons (Fsp3) is 0.500. The maximum Gasteiger partial charge on any atom is 0.325 e. The lowest BCUT2D eigenvalue weighted by molar-refractivity contribution is -0.143. The number of benzene rings is 1. The normalized spacial score (nSPS) is 22.1. The van der Waals surface area contributed by atoms with E-state index in [-0.39, 0.29) is 24.1 Å². The standard InChI is InChI=1S/C18H22FN3O3/c1-2-15(17(24)21-9-3-4-10-21)22-16(23)11-14(20-18(22)25)12-5-7-13(19)8-6-12/h5-8,14-15H,2-4,9-11H2,1H3,(H,20,25). The molecule has 0 radical (unpaired) electrons. The van der Waals surface area contributed by atoms with E-state index in [1.807, 2.05) is 0 Å². The number of hydrogen-bond donors (Lipinski definition) is 1. The van der Waals surface area contributed by atoms with Gasteiger partial charge in [0.15, 0.2) is 0 Å². The molecular weight excluding hydrogens is 325 g/mol. The van der Waals surface area contributed by atoms with Crippen molar-refractivity contribution in [1.29, 1.82) is 0 Å². The van der Waals surface area contributed by atoms with Gasteiger partial charge in [0.1, 0.15) is 11.9 Å². The molecule has 25 heavy (non-hydrogen) atoms. The zero-order chi connectivity index (χ0) is 18.0. The lowest BCUT2D eigenvalue weighted by atomic mass is 10.00. The quantitative estimate of drug-likeness (QED) is 0.908. The van der Waals surface area contributed by atoms with Crippen LogP contribution < -0.4 is 5.32 Å². The van der Waals surface area contributed by atoms with Crippen molar-refractivity contribution in [2.24, 2.45) is 0 Å². The van der Waals surface area contributed by atoms with Gasteiger partial charge in [-0.3, -0.25) is 14.5 Å². The Morgan fingerprint density at radius 2 is 1.88 bits per heavy atom. The van der Waals surface area contributed by atoms with Gasteiger partial charge in [0.05, 0.1) is 12.5 Å². The molecule has 0 aromatic heterocycles. The molecule has 134 valence electrons. The molecule has 2 atom stereocenters. The Morgan fingerprint density at radius 1 is 1.24 bits per heavy atom. The highest BCUT2D eigenvalue weighted by atomic mass is 19.1. The van der Waals surface area contributed by atoms with Crippen LogP contribution in [0.15, 0.2) is 24.3 Å². The number of rotatable bonds is 4. The van der Waals surface area contributed by atoms with Gasteiger partial charge in [-0.15, -0.1) is 0 Å². The largest absolute Gasteiger partial charge is 0.341 e. The molecule has 1 aromatic rings. The van der Waals surface area contributed by atoms with Crippen molar-refractivity contribution in [3.63, 3.8) is 0 Å². The number of halogens is 1. The minimum absolute atomic E-state index is 0.0567. The van der Waals surface area contributed by atoms with Crippen LogP contribution in [0.1, 0.15) is 44.2 Å². The lowest BCUT2D eigenvalue weighted by Gasteiger charge is -2.36. The van der Waals surface area contributed by atoms with Gasteiger partial charge in [0.25, 0.3) is 0 Å². The fourth-order valence-corrected chi connectivity index (χ4v) is 3.48. The zero-order valence-corrected chi connectivity index (χ0v) is 14.2. The molecule has 4 amide bonds. The fourth-order valence-electron chi connectivity index (χ4n) is 3.48. The van der Waals surface area contributed by atoms with Gasteiger partial charge in [-0.1, -0.05) is 19.1 Å². The summed E-state index contributed by atoms with van der Waals surface area (Å²) in [5.41, 5.74) is 0.668. The maximum atomic E-state index is 13.1. The second kappa shape index (κ2) is 7.21. The first-order chi connectivity index (χ1) is 12.0. The number of nitrogens with one attached hydrogen (secondary N) is 1. The molecular formula is C18H22FN3O3. The van der Waals surface area contributed by atoms with Crippen molar-refractivity contribution in [2.45, 2.75) is 44.7 Å². The summed E-state index contributed by atoms with van der Waals surface area (Å²) in [6, 6.07) is 3.86. The average molecular weight is 347 g/mol. The molecule has 1 aromatic carbocycles. The van der Waals surface area contributed by atoms with Crippen LogP contribution in [-0.2, 0) is 9.59 Å². The Bertz CT molecular complexity index is 653. The van der Waals surface area contributed by atoms with Crippen LogP contribution >= 0.6 is 0 Å². The predicted molar refractivity (Wildman–Crippen MR) is 89.0 cm³/mol. The zero-order valence-electron chi connectivity index (χ0n) is 14.2. The smallest absolute Gasteiger partial charge is 0.325 e. The summed E-state index contributed by atoms with van der Waals surface area (Å²) in [4.78, 5) is 40.6. The molecule has 2 fully saturated rings. The molecule has 2 aliphatic rings. The summed E-state index contributed by atoms with van der Waals surface area (Å²) in [6.07, 6.45) is 2.35. The number of urea groups is 1. The molecule has 3 rings (SSSR count). The van der Waals surface area contributed by atoms with Crippen molar-refractivity contribution in [1.82, 2.24) is 15.1 Å². The van der Waals surface area contributed by atoms with Gasteiger partial charge < -0.3 is 10.2 Å². The van der Waals surface area contributed by atoms with Crippen molar-refractivity contribution in [3.8, 4) is 0 Å². The summed E-state index contributed by atoms with van der Waals surface area (Å²) in [7, 11) is 0. The van der Waals surface area contributed by atoms with Gasteiger partial charge in [-0.05, 0) is 37.0 Å². The van der Waals surface area contributed by atoms with Gasteiger partial charge in [0.2, 0.25) is 11.8 Å². The van der Waals surface area contributed by atoms with Gasteiger partial charge >= 0.3 is 6.03 Å². The third kappa shape index (κ3) is 3.50. The van der Waals surface area contributed by atoms with Crippen LogP contribution in [0.2, 0.25) is 0 Å². The van der Waals surface area contributed by atoms with Gasteiger partial charge in [0, 0.05) is 13.1 Å². The van der Waals surface area contributed by atoms with E-state index in [0.717, 1.165) is 17.7 Å². The Morgan fingerprint density at radius 3 is 2.44 bits per heavy atom. The van der Waals surface area contributed by atoms with Crippen molar-refractivity contribution >= 4 is 17.8 Å². The third-order valence-electron chi connectivity index (χ3n) is 4.84. The van der Waals surface area contributed by atoms with Crippen LogP contribution in [0.3, 0.4) is 0 Å². The van der Waals surface area contributed by atoms with E-state index in [1.165, 1.54) is 12.1 Å². The van der Waals surface area contributed by atoms with Gasteiger partial charge in [-0.2, -0.15) is 0 Å². The minimum atomic E-state index is -0.764. The maximum absolute atomic E-state index is 13.1. The first-order valence-corrected chi connectivity index (χ1v) is 8.68. The van der Waals surface area contributed by atoms with E-state index in [0.29, 0.717) is 25.1 Å². The number of carbonyl (C=O) groups excluding carboxylic acids is 3. The summed E-state index contributed by atoms with van der Waals surface area (Å²) in [5.74, 6) is -0.915. The van der Waals surface area contributed by atoms with E-state index < -0.39 is 18.1 Å². The lowest BCUT2D eigenvalue weighted by Crippen LogP contribution is -2.59. The minimum Gasteiger partial charge on any atom is -0.341 e. The molecule has 1 N–H and O–H groups in total. The molecule has 2 aliphatic heterocycles. The number of imide groups is 1. The van der Waals surface area contributed by atoms with Crippen LogP contribution in [0, 0.1) is 5.82 Å². The first-order valence-electron chi connectivity index (χ1n) is 8.68. The molecule has 0 saturated carbocycles. The molecule has 0 spiro atoms. The summed E-state index contributed by atoms with van der Waals surface area (Å²) < 4.78 is 13.1. The Balaban J connectivity index is 1.75. The van der Waals surface area contributed by atoms with Crippen molar-refractivity contribution in [2.75, 3.05) is 13.1 Å². The highest BCUT2D eigenvalue weighted by molar-refractivity contribution is 6.02. The van der Waals surface area contributed by atoms with Gasteiger partial charge in [-0.25, -0.2) is 9.18 Å². The Hall–Kier alpha value is -2.44. The third-order valence-corrected chi connectivity index (χ3v) is 4.84. The number of carbonyl (C=O) groups is 3. The summed E-state index contributed by atoms with van der Waals surface area (Å²) in [5, 5.41) is 2.77. The van der Waals surface area contributed by atoms with E-state index in [4.69, 9.17) is 0 Å². The van der Waals surface area contributed by atoms with Crippen LogP contribution in [0.25, 0.3) is 0 Å². The molecule has 2 saturated heterocycles. The average Bonchev–Trinajstić information content (AvgIpc) is 3.12. The van der Waals surface area contributed by atoms with Crippen molar-refractivity contribution in [3.05, 3.63) is 35.6 Å². The Labute approximate surface area is 146 Å². The Kier molecular flexibility index (Phi) is 5.01. The second-order valence-corrected chi connectivity index (χ2v) is 6.48. The second-order valence-electron chi connectivity index (χ2n) is 6.48. The van der Waals surface area contributed by atoms with Crippen LogP contribution in [0.5, 0.6) is 0 Å². The predicted octanol–water partition coefficient (Wildman–Crippen LogP) is 2.21. The number of hydrogen-bond acceptors (Lipinski definition) is 3. The number of amides is 4. The molecule has 6 nitrogen and oxygen atoms in total. The summed E-state index contributed by atoms with van der Waals surface area (Å²) >= 11 is 0. The molecule has 2 heterocycles.